The van der Waals surface area contributed by atoms with Gasteiger partial charge in [-0.1, -0.05) is 0 Å². The van der Waals surface area contributed by atoms with Crippen LogP contribution in [0.3, 0.4) is 0 Å². The molecule has 0 radical (unpaired) electrons. The van der Waals surface area contributed by atoms with E-state index in [9.17, 15) is 40.9 Å². The van der Waals surface area contributed by atoms with Gasteiger partial charge >= 0.3 is 0 Å². The van der Waals surface area contributed by atoms with Crippen LogP contribution in [-0.4, -0.2) is 226 Å². The van der Waals surface area contributed by atoms with Crippen molar-refractivity contribution < 1.29 is 69.3 Å². The maximum absolute atomic E-state index is 10.9. The molecule has 2 saturated heterocycles. The van der Waals surface area contributed by atoms with Gasteiger partial charge < -0.3 is 120 Å². The van der Waals surface area contributed by atoms with E-state index in [4.69, 9.17) is 74.3 Å². The monoisotopic (exact) mass is 787 g/mol. The number of aliphatic hydroxyl groups excluding tert-OH is 8. The van der Waals surface area contributed by atoms with Crippen molar-refractivity contribution in [1.82, 2.24) is 4.90 Å². The number of aliphatic hydroxyl groups is 8. The van der Waals surface area contributed by atoms with Crippen LogP contribution < -0.4 is 45.9 Å². The predicted molar refractivity (Wildman–Crippen MR) is 187 cm³/mol. The summed E-state index contributed by atoms with van der Waals surface area (Å²) < 4.78 is 35.2. The van der Waals surface area contributed by atoms with E-state index < -0.39 is 134 Å². The lowest BCUT2D eigenvalue weighted by Gasteiger charge is -2.47. The molecule has 0 spiro atoms. The summed E-state index contributed by atoms with van der Waals surface area (Å²) in [5.41, 5.74) is 48.3. The largest absolute Gasteiger partial charge is 0.389 e. The molecule has 22 atom stereocenters. The van der Waals surface area contributed by atoms with Crippen LogP contribution in [0.1, 0.15) is 12.8 Å². The first-order valence-electron chi connectivity index (χ1n) is 18.3. The van der Waals surface area contributed by atoms with Crippen LogP contribution in [-0.2, 0) is 28.4 Å². The lowest BCUT2D eigenvalue weighted by Crippen LogP contribution is -2.68. The van der Waals surface area contributed by atoms with Crippen LogP contribution in [0.2, 0.25) is 0 Å². The van der Waals surface area contributed by atoms with Gasteiger partial charge in [0.15, 0.2) is 12.6 Å². The quantitative estimate of drug-likeness (QED) is 0.0690. The summed E-state index contributed by atoms with van der Waals surface area (Å²) in [4.78, 5) is 1.59. The average Bonchev–Trinajstić information content (AvgIpc) is 3.12. The lowest BCUT2D eigenvalue weighted by atomic mass is 9.84. The van der Waals surface area contributed by atoms with Crippen LogP contribution in [0.4, 0.5) is 0 Å². The third-order valence-electron chi connectivity index (χ3n) is 10.7. The first kappa shape index (κ1) is 45.8. The summed E-state index contributed by atoms with van der Waals surface area (Å²) in [7, 11) is 1.62. The van der Waals surface area contributed by atoms with Crippen molar-refractivity contribution in [3.05, 3.63) is 0 Å². The number of hydrogen-bond acceptors (Lipinski definition) is 23. The minimum atomic E-state index is -1.41. The topological polar surface area (TPSA) is 429 Å². The van der Waals surface area contributed by atoms with Gasteiger partial charge in [-0.15, -0.1) is 0 Å². The highest BCUT2D eigenvalue weighted by Gasteiger charge is 2.50. The zero-order valence-corrected chi connectivity index (χ0v) is 30.5. The molecule has 0 bridgehead atoms. The van der Waals surface area contributed by atoms with Gasteiger partial charge in [-0.2, -0.15) is 0 Å². The van der Waals surface area contributed by atoms with E-state index in [1.807, 2.05) is 0 Å². The normalized spacial score (nSPS) is 47.4. The number of hydrogen-bond donors (Lipinski definition) is 16. The Morgan fingerprint density at radius 1 is 0.556 bits per heavy atom. The Kier molecular flexibility index (Phi) is 17.1. The van der Waals surface area contributed by atoms with E-state index in [1.54, 1.807) is 11.9 Å². The molecular weight excluding hydrogens is 722 g/mol. The van der Waals surface area contributed by atoms with E-state index in [-0.39, 0.29) is 52.2 Å². The van der Waals surface area contributed by atoms with Crippen LogP contribution in [0.5, 0.6) is 0 Å². The second-order valence-corrected chi connectivity index (χ2v) is 15.1. The second kappa shape index (κ2) is 20.2. The predicted octanol–water partition coefficient (Wildman–Crippen LogP) is -10.5. The number of nitrogens with two attached hydrogens (primary N) is 8. The maximum Gasteiger partial charge on any atom is 0.176 e. The molecule has 23 heteroatoms. The molecule has 4 fully saturated rings. The van der Waals surface area contributed by atoms with Gasteiger partial charge in [-0.05, 0) is 19.9 Å². The Morgan fingerprint density at radius 2 is 0.907 bits per heavy atom. The molecule has 4 rings (SSSR count). The number of likely N-dealkylation sites (N-methyl/N-ethyl adjacent to an activating group) is 1. The molecule has 0 aromatic heterocycles. The zero-order valence-electron chi connectivity index (χ0n) is 30.5. The molecule has 318 valence electrons. The van der Waals surface area contributed by atoms with Crippen molar-refractivity contribution in [1.29, 1.82) is 0 Å². The van der Waals surface area contributed by atoms with Crippen LogP contribution in [0.15, 0.2) is 0 Å². The second-order valence-electron chi connectivity index (χ2n) is 15.1. The minimum Gasteiger partial charge on any atom is -0.389 e. The molecule has 0 aromatic carbocycles. The smallest absolute Gasteiger partial charge is 0.176 e. The summed E-state index contributed by atoms with van der Waals surface area (Å²) in [6, 6.07) is -5.43. The third-order valence-corrected chi connectivity index (χ3v) is 10.7. The molecule has 2 aliphatic heterocycles. The lowest BCUT2D eigenvalue weighted by molar-refractivity contribution is -0.292. The summed E-state index contributed by atoms with van der Waals surface area (Å²) in [6.07, 6.45) is -18.8. The summed E-state index contributed by atoms with van der Waals surface area (Å²) in [5.74, 6) is 0. The fraction of sp³-hybridized carbons (Fsp3) is 1.00. The van der Waals surface area contributed by atoms with Crippen molar-refractivity contribution in [2.24, 2.45) is 45.9 Å². The van der Waals surface area contributed by atoms with Crippen molar-refractivity contribution in [3.8, 4) is 0 Å². The highest BCUT2D eigenvalue weighted by Crippen LogP contribution is 2.30. The fourth-order valence-corrected chi connectivity index (χ4v) is 7.48. The van der Waals surface area contributed by atoms with Crippen molar-refractivity contribution in [2.45, 2.75) is 147 Å². The van der Waals surface area contributed by atoms with Crippen molar-refractivity contribution in [3.63, 3.8) is 0 Å². The Hall–Kier alpha value is -0.920. The van der Waals surface area contributed by atoms with Crippen molar-refractivity contribution >= 4 is 0 Å². The summed E-state index contributed by atoms with van der Waals surface area (Å²) in [5, 5.41) is 84.8. The van der Waals surface area contributed by atoms with E-state index >= 15 is 0 Å². The first-order chi connectivity index (χ1) is 25.4. The van der Waals surface area contributed by atoms with Gasteiger partial charge in [-0.3, -0.25) is 0 Å². The molecule has 24 N–H and O–H groups in total. The third kappa shape index (κ3) is 10.8. The van der Waals surface area contributed by atoms with Crippen molar-refractivity contribution in [2.75, 3.05) is 46.4 Å². The molecule has 2 heterocycles. The number of ether oxygens (including phenoxy) is 6. The number of rotatable bonds is 16. The standard InChI is InChI=1S/C31H65N9O14/c1-40(6-10(41)8-49-28-20(43)12(34)2-14(36)26(28)53-30-18(38)24(47)22(45)16(4-32)51-30)7-11(42)9-50-29-21(44)13(35)3-15(37)27(29)54-31-19(39)25(48)23(46)17(5-33)52-31/h10-31,41-48H,2-9,32-39H2,1H3/t10-,11-,12?,13?,14?,15?,16?,17?,18?,19?,20?,21?,22?,23?,24?,25?,26?,27?,28?,29?,30?,31?/m1/s1. The van der Waals surface area contributed by atoms with Gasteiger partial charge in [0.05, 0.1) is 49.7 Å². The SMILES string of the molecule is CN(C[C@@H](O)COC1C(O)C(N)CC(N)C1OC1OC(CN)C(O)C(O)C1N)C[C@@H](O)COC1C(O)C(N)CC(N)C1OC1OC(CN)C(O)C(O)C1N. The summed E-state index contributed by atoms with van der Waals surface area (Å²) in [6.45, 7) is -0.906. The molecule has 23 nitrogen and oxygen atoms in total. The van der Waals surface area contributed by atoms with Gasteiger partial charge in [0, 0.05) is 50.3 Å². The Bertz CT molecular complexity index is 1050. The first-order valence-corrected chi connectivity index (χ1v) is 18.3. The molecule has 54 heavy (non-hydrogen) atoms. The van der Waals surface area contributed by atoms with Crippen LogP contribution in [0, 0.1) is 0 Å². The van der Waals surface area contributed by atoms with Gasteiger partial charge in [0.1, 0.15) is 61.0 Å². The molecular formula is C31H65N9O14. The van der Waals surface area contributed by atoms with Crippen LogP contribution >= 0.6 is 0 Å². The summed E-state index contributed by atoms with van der Waals surface area (Å²) >= 11 is 0. The van der Waals surface area contributed by atoms with E-state index in [2.05, 4.69) is 0 Å². The molecule has 4 aliphatic rings. The zero-order chi connectivity index (χ0) is 40.2. The van der Waals surface area contributed by atoms with E-state index in [0.29, 0.717) is 0 Å². The Morgan fingerprint density at radius 3 is 1.24 bits per heavy atom. The van der Waals surface area contributed by atoms with Gasteiger partial charge in [-0.25, -0.2) is 0 Å². The Balaban J connectivity index is 1.30. The molecule has 2 aliphatic carbocycles. The number of nitrogens with zero attached hydrogens (tertiary/aromatic N) is 1. The average molecular weight is 788 g/mol. The highest BCUT2D eigenvalue weighted by molar-refractivity contribution is 5.02. The fourth-order valence-electron chi connectivity index (χ4n) is 7.48. The Labute approximate surface area is 313 Å². The van der Waals surface area contributed by atoms with Crippen LogP contribution in [0.25, 0.3) is 0 Å². The molecule has 0 aromatic rings. The minimum absolute atomic E-state index is 0.0106. The molecule has 2 saturated carbocycles. The molecule has 0 amide bonds. The molecule has 20 unspecified atom stereocenters. The van der Waals surface area contributed by atoms with Gasteiger partial charge in [0.2, 0.25) is 0 Å². The van der Waals surface area contributed by atoms with Gasteiger partial charge in [0.25, 0.3) is 0 Å². The highest BCUT2D eigenvalue weighted by atomic mass is 16.7. The maximum atomic E-state index is 10.9. The van der Waals surface area contributed by atoms with E-state index in [1.165, 1.54) is 0 Å². The van der Waals surface area contributed by atoms with E-state index in [0.717, 1.165) is 0 Å².